The molecular formula is C18H26N2S. The molecule has 0 fully saturated rings. The summed E-state index contributed by atoms with van der Waals surface area (Å²) in [5.41, 5.74) is 1.55. The Kier molecular flexibility index (Phi) is 5.95. The minimum atomic E-state index is 0.133. The van der Waals surface area contributed by atoms with E-state index < -0.39 is 0 Å². The van der Waals surface area contributed by atoms with Crippen molar-refractivity contribution in [2.75, 3.05) is 13.1 Å². The van der Waals surface area contributed by atoms with Crippen LogP contribution in [-0.2, 0) is 11.8 Å². The molecule has 0 amide bonds. The Morgan fingerprint density at radius 2 is 2.00 bits per heavy atom. The van der Waals surface area contributed by atoms with Crippen molar-refractivity contribution in [1.82, 2.24) is 10.3 Å². The van der Waals surface area contributed by atoms with Crippen LogP contribution in [0.25, 0.3) is 0 Å². The summed E-state index contributed by atoms with van der Waals surface area (Å²) >= 11 is 1.76. The van der Waals surface area contributed by atoms with Crippen molar-refractivity contribution in [1.29, 1.82) is 0 Å². The van der Waals surface area contributed by atoms with Crippen molar-refractivity contribution >= 4 is 11.3 Å². The molecule has 2 rings (SSSR count). The monoisotopic (exact) mass is 302 g/mol. The van der Waals surface area contributed by atoms with Crippen LogP contribution in [0.15, 0.2) is 41.9 Å². The fraction of sp³-hybridized carbons (Fsp3) is 0.500. The maximum absolute atomic E-state index is 4.51. The van der Waals surface area contributed by atoms with Gasteiger partial charge in [-0.05, 0) is 24.4 Å². The summed E-state index contributed by atoms with van der Waals surface area (Å²) in [5.74, 6) is 0.676. The highest BCUT2D eigenvalue weighted by molar-refractivity contribution is 7.09. The van der Waals surface area contributed by atoms with Crippen molar-refractivity contribution in [2.24, 2.45) is 5.92 Å². The first-order valence-electron chi connectivity index (χ1n) is 7.81. The molecule has 1 aromatic heterocycles. The van der Waals surface area contributed by atoms with E-state index in [9.17, 15) is 0 Å². The lowest BCUT2D eigenvalue weighted by molar-refractivity contribution is 0.367. The van der Waals surface area contributed by atoms with Gasteiger partial charge in [0.15, 0.2) is 0 Å². The van der Waals surface area contributed by atoms with Crippen LogP contribution < -0.4 is 5.32 Å². The van der Waals surface area contributed by atoms with Crippen LogP contribution in [-0.4, -0.2) is 18.1 Å². The summed E-state index contributed by atoms with van der Waals surface area (Å²) in [6.45, 7) is 8.86. The maximum atomic E-state index is 4.51. The van der Waals surface area contributed by atoms with E-state index in [2.05, 4.69) is 66.8 Å². The largest absolute Gasteiger partial charge is 0.316 e. The molecule has 0 bridgehead atoms. The highest BCUT2D eigenvalue weighted by Crippen LogP contribution is 2.32. The summed E-state index contributed by atoms with van der Waals surface area (Å²) in [6.07, 6.45) is 4.03. The van der Waals surface area contributed by atoms with E-state index in [4.69, 9.17) is 0 Å². The molecule has 1 N–H and O–H groups in total. The lowest BCUT2D eigenvalue weighted by Gasteiger charge is -2.33. The molecular weight excluding hydrogens is 276 g/mol. The Morgan fingerprint density at radius 3 is 2.57 bits per heavy atom. The minimum Gasteiger partial charge on any atom is -0.316 e. The zero-order valence-electron chi connectivity index (χ0n) is 13.3. The van der Waals surface area contributed by atoms with Crippen LogP contribution in [0.2, 0.25) is 0 Å². The highest BCUT2D eigenvalue weighted by Gasteiger charge is 2.31. The molecule has 114 valence electrons. The predicted octanol–water partition coefficient (Wildman–Crippen LogP) is 4.28. The average molecular weight is 302 g/mol. The lowest BCUT2D eigenvalue weighted by Crippen LogP contribution is -2.41. The number of hydrogen-bond acceptors (Lipinski definition) is 3. The standard InChI is InChI=1S/C18H26N2S/c1-4-18(14-19-13-15(2)3,12-17-20-10-11-21-17)16-8-6-5-7-9-16/h5-11,15,19H,4,12-14H2,1-3H3. The normalized spacial score (nSPS) is 14.3. The average Bonchev–Trinajstić information content (AvgIpc) is 2.99. The number of nitrogens with zero attached hydrogens (tertiary/aromatic N) is 1. The molecule has 1 heterocycles. The van der Waals surface area contributed by atoms with E-state index >= 15 is 0 Å². The second kappa shape index (κ2) is 7.71. The van der Waals surface area contributed by atoms with E-state index in [1.54, 1.807) is 11.3 Å². The zero-order chi connectivity index (χ0) is 15.1. The predicted molar refractivity (Wildman–Crippen MR) is 91.9 cm³/mol. The third kappa shape index (κ3) is 4.39. The smallest absolute Gasteiger partial charge is 0.0934 e. The van der Waals surface area contributed by atoms with Gasteiger partial charge in [-0.2, -0.15) is 0 Å². The molecule has 0 radical (unpaired) electrons. The quantitative estimate of drug-likeness (QED) is 0.787. The maximum Gasteiger partial charge on any atom is 0.0934 e. The molecule has 0 aliphatic carbocycles. The van der Waals surface area contributed by atoms with Crippen LogP contribution in [0.5, 0.6) is 0 Å². The summed E-state index contributed by atoms with van der Waals surface area (Å²) in [7, 11) is 0. The molecule has 0 saturated carbocycles. The molecule has 0 saturated heterocycles. The Bertz CT molecular complexity index is 507. The molecule has 1 aromatic carbocycles. The van der Waals surface area contributed by atoms with Crippen molar-refractivity contribution in [3.63, 3.8) is 0 Å². The van der Waals surface area contributed by atoms with Gasteiger partial charge in [0.05, 0.1) is 5.01 Å². The molecule has 3 heteroatoms. The van der Waals surface area contributed by atoms with Crippen molar-refractivity contribution in [3.05, 3.63) is 52.5 Å². The van der Waals surface area contributed by atoms with Crippen LogP contribution in [0, 0.1) is 5.92 Å². The Morgan fingerprint density at radius 1 is 1.24 bits per heavy atom. The first-order valence-corrected chi connectivity index (χ1v) is 8.69. The van der Waals surface area contributed by atoms with E-state index in [-0.39, 0.29) is 5.41 Å². The van der Waals surface area contributed by atoms with Crippen LogP contribution in [0.1, 0.15) is 37.8 Å². The van der Waals surface area contributed by atoms with Crippen LogP contribution >= 0.6 is 11.3 Å². The van der Waals surface area contributed by atoms with Gasteiger partial charge in [0.1, 0.15) is 0 Å². The third-order valence-corrected chi connectivity index (χ3v) is 4.83. The van der Waals surface area contributed by atoms with Gasteiger partial charge < -0.3 is 5.32 Å². The van der Waals surface area contributed by atoms with Crippen molar-refractivity contribution < 1.29 is 0 Å². The van der Waals surface area contributed by atoms with Crippen molar-refractivity contribution in [3.8, 4) is 0 Å². The van der Waals surface area contributed by atoms with Crippen molar-refractivity contribution in [2.45, 2.75) is 39.0 Å². The second-order valence-electron chi connectivity index (χ2n) is 6.13. The minimum absolute atomic E-state index is 0.133. The molecule has 1 unspecified atom stereocenters. The summed E-state index contributed by atoms with van der Waals surface area (Å²) in [4.78, 5) is 4.51. The molecule has 21 heavy (non-hydrogen) atoms. The van der Waals surface area contributed by atoms with E-state index in [0.717, 1.165) is 25.9 Å². The molecule has 1 atom stereocenters. The third-order valence-electron chi connectivity index (χ3n) is 4.05. The molecule has 0 aliphatic rings. The fourth-order valence-corrected chi connectivity index (χ4v) is 3.50. The molecule has 2 nitrogen and oxygen atoms in total. The molecule has 2 aromatic rings. The first kappa shape index (κ1) is 16.2. The first-order chi connectivity index (χ1) is 10.2. The number of nitrogens with one attached hydrogen (secondary N) is 1. The fourth-order valence-electron chi connectivity index (χ4n) is 2.74. The van der Waals surface area contributed by atoms with Gasteiger partial charge in [0, 0.05) is 30.0 Å². The van der Waals surface area contributed by atoms with Gasteiger partial charge in [0.2, 0.25) is 0 Å². The summed E-state index contributed by atoms with van der Waals surface area (Å²) in [6, 6.07) is 10.9. The SMILES string of the molecule is CCC(CNCC(C)C)(Cc1nccs1)c1ccccc1. The van der Waals surface area contributed by atoms with Gasteiger partial charge in [-0.25, -0.2) is 4.98 Å². The lowest BCUT2D eigenvalue weighted by atomic mass is 9.75. The van der Waals surface area contributed by atoms with Gasteiger partial charge in [-0.15, -0.1) is 11.3 Å². The van der Waals surface area contributed by atoms with Crippen LogP contribution in [0.4, 0.5) is 0 Å². The Balaban J connectivity index is 2.22. The Labute approximate surface area is 132 Å². The van der Waals surface area contributed by atoms with Gasteiger partial charge in [-0.3, -0.25) is 0 Å². The van der Waals surface area contributed by atoms with Gasteiger partial charge in [0.25, 0.3) is 0 Å². The second-order valence-corrected chi connectivity index (χ2v) is 7.11. The summed E-state index contributed by atoms with van der Waals surface area (Å²) in [5, 5.41) is 6.96. The number of aromatic nitrogens is 1. The molecule has 0 spiro atoms. The number of hydrogen-bond donors (Lipinski definition) is 1. The topological polar surface area (TPSA) is 24.9 Å². The van der Waals surface area contributed by atoms with E-state index in [1.807, 2.05) is 6.20 Å². The van der Waals surface area contributed by atoms with Gasteiger partial charge >= 0.3 is 0 Å². The zero-order valence-corrected chi connectivity index (χ0v) is 14.1. The number of rotatable bonds is 8. The van der Waals surface area contributed by atoms with Crippen LogP contribution in [0.3, 0.4) is 0 Å². The Hall–Kier alpha value is -1.19. The van der Waals surface area contributed by atoms with E-state index in [1.165, 1.54) is 10.6 Å². The highest BCUT2D eigenvalue weighted by atomic mass is 32.1. The summed E-state index contributed by atoms with van der Waals surface area (Å²) < 4.78 is 0. The van der Waals surface area contributed by atoms with E-state index in [0.29, 0.717) is 5.92 Å². The number of benzene rings is 1. The number of thiazole rings is 1. The molecule has 0 aliphatic heterocycles. The van der Waals surface area contributed by atoms with Gasteiger partial charge in [-0.1, -0.05) is 51.1 Å².